The van der Waals surface area contributed by atoms with Crippen LogP contribution in [0.5, 0.6) is 0 Å². The largest absolute Gasteiger partial charge is 0.422 e. The number of nitrogens with two attached hydrogens (primary N) is 1. The van der Waals surface area contributed by atoms with Crippen LogP contribution in [0.25, 0.3) is 0 Å². The Morgan fingerprint density at radius 3 is 2.71 bits per heavy atom. The highest BCUT2D eigenvalue weighted by Gasteiger charge is 2.59. The highest BCUT2D eigenvalue weighted by molar-refractivity contribution is 7.15. The van der Waals surface area contributed by atoms with Crippen molar-refractivity contribution in [1.29, 1.82) is 0 Å². The number of anilines is 1. The first-order valence-electron chi connectivity index (χ1n) is 3.89. The molecule has 1 aliphatic rings. The first-order chi connectivity index (χ1) is 6.34. The van der Waals surface area contributed by atoms with Gasteiger partial charge < -0.3 is 10.8 Å². The van der Waals surface area contributed by atoms with Crippen molar-refractivity contribution in [3.63, 3.8) is 0 Å². The van der Waals surface area contributed by atoms with E-state index in [1.165, 1.54) is 0 Å². The van der Waals surface area contributed by atoms with Crippen molar-refractivity contribution in [2.75, 3.05) is 5.73 Å². The molecule has 1 aromatic heterocycles. The fourth-order valence-corrected chi connectivity index (χ4v) is 2.56. The molecule has 0 fully saturated rings. The second-order valence-electron chi connectivity index (χ2n) is 3.19. The summed E-state index contributed by atoms with van der Waals surface area (Å²) in [7, 11) is 0. The minimum absolute atomic E-state index is 0.0670. The first kappa shape index (κ1) is 9.72. The number of thiazole rings is 1. The fraction of sp³-hybridized carbons (Fsp3) is 0.571. The van der Waals surface area contributed by atoms with Crippen LogP contribution in [0, 0.1) is 0 Å². The molecule has 0 radical (unpaired) electrons. The van der Waals surface area contributed by atoms with Gasteiger partial charge in [0.25, 0.3) is 0 Å². The summed E-state index contributed by atoms with van der Waals surface area (Å²) in [4.78, 5) is 3.59. The number of hydrogen-bond donors (Lipinski definition) is 2. The van der Waals surface area contributed by atoms with Gasteiger partial charge in [-0.25, -0.2) is 4.98 Å². The number of aliphatic hydroxyl groups is 1. The number of rotatable bonds is 0. The molecule has 1 unspecified atom stereocenters. The van der Waals surface area contributed by atoms with Crippen molar-refractivity contribution in [3.8, 4) is 0 Å². The number of nitrogens with zero attached hydrogens (tertiary/aromatic N) is 1. The second kappa shape index (κ2) is 2.60. The lowest BCUT2D eigenvalue weighted by atomic mass is 10.0. The van der Waals surface area contributed by atoms with Crippen LogP contribution in [0.2, 0.25) is 0 Å². The Labute approximate surface area is 81.4 Å². The molecule has 0 spiro atoms. The number of nitrogen functional groups attached to an aromatic ring is 1. The van der Waals surface area contributed by atoms with E-state index < -0.39 is 11.8 Å². The molecule has 0 saturated carbocycles. The third kappa shape index (κ3) is 1.12. The molecule has 78 valence electrons. The van der Waals surface area contributed by atoms with Gasteiger partial charge in [0.15, 0.2) is 10.7 Å². The van der Waals surface area contributed by atoms with Crippen LogP contribution < -0.4 is 5.73 Å². The number of halogens is 3. The lowest BCUT2D eigenvalue weighted by Gasteiger charge is -2.24. The third-order valence-corrected chi connectivity index (χ3v) is 3.36. The van der Waals surface area contributed by atoms with E-state index in [2.05, 4.69) is 4.98 Å². The summed E-state index contributed by atoms with van der Waals surface area (Å²) in [5.74, 6) is 0. The average Bonchev–Trinajstić information content (AvgIpc) is 2.51. The number of hydrogen-bond acceptors (Lipinski definition) is 4. The molecular formula is C7H7F3N2OS. The summed E-state index contributed by atoms with van der Waals surface area (Å²) in [5.41, 5.74) is 2.81. The minimum Gasteiger partial charge on any atom is -0.376 e. The third-order valence-electron chi connectivity index (χ3n) is 2.28. The number of aromatic nitrogens is 1. The molecule has 3 N–H and O–H groups in total. The molecule has 0 saturated heterocycles. The fourth-order valence-electron chi connectivity index (χ4n) is 1.55. The normalized spacial score (nSPS) is 26.6. The van der Waals surface area contributed by atoms with Crippen molar-refractivity contribution in [3.05, 3.63) is 10.6 Å². The molecular weight excluding hydrogens is 217 g/mol. The molecule has 0 aromatic carbocycles. The number of aryl methyl sites for hydroxylation is 1. The van der Waals surface area contributed by atoms with E-state index in [0.717, 1.165) is 0 Å². The van der Waals surface area contributed by atoms with Gasteiger partial charge in [-0.05, 0) is 12.8 Å². The van der Waals surface area contributed by atoms with Crippen LogP contribution in [0.1, 0.15) is 17.0 Å². The van der Waals surface area contributed by atoms with E-state index in [1.54, 1.807) is 0 Å². The van der Waals surface area contributed by atoms with Gasteiger partial charge in [-0.1, -0.05) is 11.3 Å². The zero-order valence-corrected chi connectivity index (χ0v) is 7.74. The van der Waals surface area contributed by atoms with Crippen molar-refractivity contribution < 1.29 is 18.3 Å². The van der Waals surface area contributed by atoms with Gasteiger partial charge in [0.05, 0.1) is 10.6 Å². The molecule has 0 aliphatic heterocycles. The lowest BCUT2D eigenvalue weighted by molar-refractivity contribution is -0.264. The summed E-state index contributed by atoms with van der Waals surface area (Å²) >= 11 is 0.707. The van der Waals surface area contributed by atoms with Gasteiger partial charge in [-0.2, -0.15) is 13.2 Å². The topological polar surface area (TPSA) is 59.1 Å². The molecule has 1 heterocycles. The molecule has 1 aromatic rings. The number of fused-ring (bicyclic) bond motifs is 1. The van der Waals surface area contributed by atoms with Crippen molar-refractivity contribution in [2.24, 2.45) is 0 Å². The van der Waals surface area contributed by atoms with Gasteiger partial charge in [0.2, 0.25) is 0 Å². The van der Waals surface area contributed by atoms with E-state index in [9.17, 15) is 18.3 Å². The van der Waals surface area contributed by atoms with Gasteiger partial charge in [0.1, 0.15) is 0 Å². The summed E-state index contributed by atoms with van der Waals surface area (Å²) in [5, 5.41) is 9.55. The zero-order chi connectivity index (χ0) is 10.6. The van der Waals surface area contributed by atoms with E-state index in [1.807, 2.05) is 0 Å². The van der Waals surface area contributed by atoms with Gasteiger partial charge in [-0.3, -0.25) is 0 Å². The van der Waals surface area contributed by atoms with E-state index in [4.69, 9.17) is 5.73 Å². The smallest absolute Gasteiger partial charge is 0.376 e. The Hall–Kier alpha value is -0.820. The van der Waals surface area contributed by atoms with Crippen molar-refractivity contribution in [2.45, 2.75) is 24.6 Å². The maximum atomic E-state index is 12.5. The van der Waals surface area contributed by atoms with Gasteiger partial charge in [0, 0.05) is 0 Å². The summed E-state index contributed by atoms with van der Waals surface area (Å²) in [6.45, 7) is 0. The van der Waals surface area contributed by atoms with Gasteiger partial charge >= 0.3 is 6.18 Å². The minimum atomic E-state index is -4.66. The number of alkyl halides is 3. The monoisotopic (exact) mass is 224 g/mol. The Morgan fingerprint density at radius 2 is 2.14 bits per heavy atom. The predicted octanol–water partition coefficient (Wildman–Crippen LogP) is 1.42. The molecule has 1 aliphatic carbocycles. The van der Waals surface area contributed by atoms with E-state index in [0.29, 0.717) is 11.3 Å². The standard InChI is InChI=1S/C7H7F3N2OS/c8-7(9,10)6(13)2-1-3-4(6)14-5(11)12-3/h13H,1-2H2,(H2,11,12). The average molecular weight is 224 g/mol. The molecule has 0 amide bonds. The van der Waals surface area contributed by atoms with Crippen LogP contribution in [-0.2, 0) is 12.0 Å². The van der Waals surface area contributed by atoms with Crippen LogP contribution >= 0.6 is 11.3 Å². The molecule has 7 heteroatoms. The Morgan fingerprint density at radius 1 is 1.50 bits per heavy atom. The Kier molecular flexibility index (Phi) is 1.81. The van der Waals surface area contributed by atoms with Crippen LogP contribution in [-0.4, -0.2) is 16.3 Å². The van der Waals surface area contributed by atoms with Crippen LogP contribution in [0.4, 0.5) is 18.3 Å². The lowest BCUT2D eigenvalue weighted by Crippen LogP contribution is -2.39. The molecule has 14 heavy (non-hydrogen) atoms. The van der Waals surface area contributed by atoms with Gasteiger partial charge in [-0.15, -0.1) is 0 Å². The highest BCUT2D eigenvalue weighted by Crippen LogP contribution is 2.50. The van der Waals surface area contributed by atoms with Crippen LogP contribution in [0.3, 0.4) is 0 Å². The highest BCUT2D eigenvalue weighted by atomic mass is 32.1. The SMILES string of the molecule is Nc1nc2c(s1)C(O)(C(F)(F)F)CC2. The Balaban J connectivity index is 2.51. The summed E-state index contributed by atoms with van der Waals surface area (Å²) < 4.78 is 37.6. The predicted molar refractivity (Wildman–Crippen MR) is 44.8 cm³/mol. The van der Waals surface area contributed by atoms with E-state index >= 15 is 0 Å². The molecule has 1 atom stereocenters. The maximum Gasteiger partial charge on any atom is 0.422 e. The second-order valence-corrected chi connectivity index (χ2v) is 4.22. The van der Waals surface area contributed by atoms with Crippen LogP contribution in [0.15, 0.2) is 0 Å². The molecule has 3 nitrogen and oxygen atoms in total. The summed E-state index contributed by atoms with van der Waals surface area (Å²) in [6.07, 6.45) is -4.89. The van der Waals surface area contributed by atoms with E-state index in [-0.39, 0.29) is 28.5 Å². The zero-order valence-electron chi connectivity index (χ0n) is 6.93. The first-order valence-corrected chi connectivity index (χ1v) is 4.71. The molecule has 2 rings (SSSR count). The quantitative estimate of drug-likeness (QED) is 0.700. The van der Waals surface area contributed by atoms with Crippen molar-refractivity contribution in [1.82, 2.24) is 4.98 Å². The van der Waals surface area contributed by atoms with Crippen molar-refractivity contribution >= 4 is 16.5 Å². The molecule has 0 bridgehead atoms. The maximum absolute atomic E-state index is 12.5. The Bertz CT molecular complexity index is 376. The summed E-state index contributed by atoms with van der Waals surface area (Å²) in [6, 6.07) is 0.